The van der Waals surface area contributed by atoms with E-state index in [2.05, 4.69) is 67.6 Å². The maximum atomic E-state index is 2.26. The molecular weight excluding hydrogens is 211 g/mol. The molecule has 0 nitrogen and oxygen atoms in total. The molecule has 0 saturated heterocycles. The zero-order valence-electron chi connectivity index (χ0n) is 9.35. The van der Waals surface area contributed by atoms with Gasteiger partial charge in [-0.15, -0.1) is 0 Å². The van der Waals surface area contributed by atoms with Crippen molar-refractivity contribution in [3.8, 4) is 0 Å². The van der Waals surface area contributed by atoms with E-state index in [1.54, 1.807) is 0 Å². The molecule has 0 N–H and O–H groups in total. The van der Waals surface area contributed by atoms with Crippen LogP contribution in [0.5, 0.6) is 0 Å². The van der Waals surface area contributed by atoms with Crippen molar-refractivity contribution in [1.29, 1.82) is 0 Å². The summed E-state index contributed by atoms with van der Waals surface area (Å²) in [5, 5.41) is 2.81. The molecule has 0 aliphatic carbocycles. The summed E-state index contributed by atoms with van der Waals surface area (Å²) in [4.78, 5) is 0. The van der Waals surface area contributed by atoms with E-state index in [0.717, 1.165) is 8.58 Å². The van der Waals surface area contributed by atoms with Crippen LogP contribution in [0.3, 0.4) is 0 Å². The van der Waals surface area contributed by atoms with Crippen molar-refractivity contribution in [2.24, 2.45) is 0 Å². The molecule has 0 bridgehead atoms. The van der Waals surface area contributed by atoms with Gasteiger partial charge in [-0.25, -0.2) is 0 Å². The summed E-state index contributed by atoms with van der Waals surface area (Å²) in [6, 6.07) is 21.1. The molecule has 0 fully saturated rings. The molecule has 2 aromatic carbocycles. The monoisotopic (exact) mass is 226 g/mol. The highest BCUT2D eigenvalue weighted by Gasteiger charge is 1.93. The zero-order chi connectivity index (χ0) is 11.2. The molecule has 2 rings (SSSR count). The van der Waals surface area contributed by atoms with E-state index in [9.17, 15) is 0 Å². The average Bonchev–Trinajstić information content (AvgIpc) is 2.31. The molecule has 0 aromatic heterocycles. The van der Waals surface area contributed by atoms with Crippen LogP contribution in [0.25, 0.3) is 6.08 Å². The summed E-state index contributed by atoms with van der Waals surface area (Å²) < 4.78 is 0. The van der Waals surface area contributed by atoms with Gasteiger partial charge >= 0.3 is 0 Å². The predicted octanol–water partition coefficient (Wildman–Crippen LogP) is 4.05. The summed E-state index contributed by atoms with van der Waals surface area (Å²) in [7, 11) is 0.765. The molecular formula is C15H15P. The second-order valence-corrected chi connectivity index (χ2v) is 5.35. The number of rotatable bonds is 3. The van der Waals surface area contributed by atoms with E-state index in [1.807, 2.05) is 6.07 Å². The standard InChI is InChI=1S/C15H15P/c1-13(12-14-8-4-2-5-9-14)16-15-10-6-3-7-11-15/h2-12,16H,1H3. The van der Waals surface area contributed by atoms with E-state index in [4.69, 9.17) is 0 Å². The normalized spacial score (nSPS) is 12.2. The fourth-order valence-electron chi connectivity index (χ4n) is 1.58. The lowest BCUT2D eigenvalue weighted by Crippen LogP contribution is -1.90. The van der Waals surface area contributed by atoms with Crippen molar-refractivity contribution in [3.05, 3.63) is 71.5 Å². The molecule has 16 heavy (non-hydrogen) atoms. The van der Waals surface area contributed by atoms with Crippen LogP contribution in [-0.4, -0.2) is 0 Å². The van der Waals surface area contributed by atoms with Crippen LogP contribution in [0, 0.1) is 0 Å². The highest BCUT2D eigenvalue weighted by atomic mass is 31.1. The second-order valence-electron chi connectivity index (χ2n) is 3.73. The third-order valence-corrected chi connectivity index (χ3v) is 3.46. The second kappa shape index (κ2) is 5.63. The summed E-state index contributed by atoms with van der Waals surface area (Å²) in [6.45, 7) is 2.19. The van der Waals surface area contributed by atoms with Crippen molar-refractivity contribution in [2.75, 3.05) is 0 Å². The van der Waals surface area contributed by atoms with Crippen LogP contribution in [0.2, 0.25) is 0 Å². The Labute approximate surface area is 98.8 Å². The Kier molecular flexibility index (Phi) is 3.91. The van der Waals surface area contributed by atoms with Crippen molar-refractivity contribution in [2.45, 2.75) is 6.92 Å². The Morgan fingerprint density at radius 3 is 2.06 bits per heavy atom. The molecule has 2 aromatic rings. The minimum Gasteiger partial charge on any atom is -0.0639 e. The molecule has 0 radical (unpaired) electrons. The first kappa shape index (κ1) is 11.1. The lowest BCUT2D eigenvalue weighted by molar-refractivity contribution is 1.63. The smallest absolute Gasteiger partial charge is 0.0230 e. The molecule has 0 aliphatic rings. The van der Waals surface area contributed by atoms with Gasteiger partial charge in [0.05, 0.1) is 0 Å². The van der Waals surface area contributed by atoms with Crippen LogP contribution in [0.1, 0.15) is 12.5 Å². The molecule has 80 valence electrons. The first-order chi connectivity index (χ1) is 7.84. The first-order valence-corrected chi connectivity index (χ1v) is 6.40. The van der Waals surface area contributed by atoms with Gasteiger partial charge in [0.2, 0.25) is 0 Å². The molecule has 1 atom stereocenters. The minimum absolute atomic E-state index is 0.765. The maximum absolute atomic E-state index is 2.26. The summed E-state index contributed by atoms with van der Waals surface area (Å²) in [5.74, 6) is 0. The summed E-state index contributed by atoms with van der Waals surface area (Å²) in [5.41, 5.74) is 1.28. The van der Waals surface area contributed by atoms with Gasteiger partial charge in [-0.05, 0) is 23.1 Å². The molecule has 0 saturated carbocycles. The van der Waals surface area contributed by atoms with Gasteiger partial charge in [0.15, 0.2) is 0 Å². The van der Waals surface area contributed by atoms with Crippen LogP contribution in [-0.2, 0) is 0 Å². The molecule has 0 heterocycles. The van der Waals surface area contributed by atoms with Gasteiger partial charge < -0.3 is 0 Å². The first-order valence-electron chi connectivity index (χ1n) is 5.40. The van der Waals surface area contributed by atoms with E-state index in [0.29, 0.717) is 0 Å². The lowest BCUT2D eigenvalue weighted by Gasteiger charge is -2.02. The van der Waals surface area contributed by atoms with Crippen molar-refractivity contribution >= 4 is 20.0 Å². The van der Waals surface area contributed by atoms with E-state index in [1.165, 1.54) is 16.2 Å². The van der Waals surface area contributed by atoms with E-state index >= 15 is 0 Å². The van der Waals surface area contributed by atoms with Gasteiger partial charge in [0, 0.05) is 0 Å². The number of benzene rings is 2. The molecule has 1 heteroatoms. The average molecular weight is 226 g/mol. The Hall–Kier alpha value is -1.39. The summed E-state index contributed by atoms with van der Waals surface area (Å²) >= 11 is 0. The largest absolute Gasteiger partial charge is 0.0639 e. The Morgan fingerprint density at radius 1 is 0.875 bits per heavy atom. The molecule has 0 aliphatic heterocycles. The van der Waals surface area contributed by atoms with Gasteiger partial charge in [0.25, 0.3) is 0 Å². The van der Waals surface area contributed by atoms with Gasteiger partial charge in [-0.3, -0.25) is 0 Å². The van der Waals surface area contributed by atoms with Crippen molar-refractivity contribution < 1.29 is 0 Å². The number of allylic oxidation sites excluding steroid dienone is 1. The fourth-order valence-corrected chi connectivity index (χ4v) is 2.64. The third kappa shape index (κ3) is 3.32. The third-order valence-electron chi connectivity index (χ3n) is 2.30. The minimum atomic E-state index is 0.765. The SMILES string of the molecule is CC(=Cc1ccccc1)Pc1ccccc1. The van der Waals surface area contributed by atoms with Gasteiger partial charge in [0.1, 0.15) is 0 Å². The molecule has 0 amide bonds. The highest BCUT2D eigenvalue weighted by molar-refractivity contribution is 7.51. The van der Waals surface area contributed by atoms with Crippen LogP contribution >= 0.6 is 8.58 Å². The van der Waals surface area contributed by atoms with Crippen LogP contribution < -0.4 is 5.30 Å². The highest BCUT2D eigenvalue weighted by Crippen LogP contribution is 2.24. The van der Waals surface area contributed by atoms with Crippen molar-refractivity contribution in [1.82, 2.24) is 0 Å². The fraction of sp³-hybridized carbons (Fsp3) is 0.0667. The molecule has 1 unspecified atom stereocenters. The Balaban J connectivity index is 2.09. The predicted molar refractivity (Wildman–Crippen MR) is 74.5 cm³/mol. The number of hydrogen-bond acceptors (Lipinski definition) is 0. The van der Waals surface area contributed by atoms with Crippen molar-refractivity contribution in [3.63, 3.8) is 0 Å². The maximum Gasteiger partial charge on any atom is -0.0230 e. The van der Waals surface area contributed by atoms with E-state index < -0.39 is 0 Å². The Bertz CT molecular complexity index is 457. The van der Waals surface area contributed by atoms with E-state index in [-0.39, 0.29) is 0 Å². The lowest BCUT2D eigenvalue weighted by atomic mass is 10.2. The van der Waals surface area contributed by atoms with Crippen LogP contribution in [0.4, 0.5) is 0 Å². The number of hydrogen-bond donors (Lipinski definition) is 0. The van der Waals surface area contributed by atoms with Crippen LogP contribution in [0.15, 0.2) is 66.0 Å². The topological polar surface area (TPSA) is 0 Å². The summed E-state index contributed by atoms with van der Waals surface area (Å²) in [6.07, 6.45) is 2.26. The van der Waals surface area contributed by atoms with Gasteiger partial charge in [-0.2, -0.15) is 0 Å². The Morgan fingerprint density at radius 2 is 1.44 bits per heavy atom. The quantitative estimate of drug-likeness (QED) is 0.692. The van der Waals surface area contributed by atoms with Gasteiger partial charge in [-0.1, -0.05) is 75.3 Å². The zero-order valence-corrected chi connectivity index (χ0v) is 10.4. The molecule has 0 spiro atoms.